The average molecular weight is 463 g/mol. The van der Waals surface area contributed by atoms with Gasteiger partial charge in [0.2, 0.25) is 5.95 Å². The van der Waals surface area contributed by atoms with Gasteiger partial charge in [-0.25, -0.2) is 9.97 Å². The molecule has 0 atom stereocenters. The number of nitrogens with zero attached hydrogens (tertiary/aromatic N) is 4. The first-order chi connectivity index (χ1) is 17.2. The van der Waals surface area contributed by atoms with Crippen molar-refractivity contribution in [3.8, 4) is 0 Å². The topological polar surface area (TPSA) is 32.3 Å². The van der Waals surface area contributed by atoms with Crippen molar-refractivity contribution in [1.29, 1.82) is 0 Å². The van der Waals surface area contributed by atoms with E-state index in [-0.39, 0.29) is 5.41 Å². The third-order valence-corrected chi connectivity index (χ3v) is 7.47. The molecule has 35 heavy (non-hydrogen) atoms. The van der Waals surface area contributed by atoms with Crippen molar-refractivity contribution in [1.82, 2.24) is 14.9 Å². The van der Waals surface area contributed by atoms with Crippen molar-refractivity contribution < 1.29 is 0 Å². The quantitative estimate of drug-likeness (QED) is 0.333. The maximum atomic E-state index is 4.72. The van der Waals surface area contributed by atoms with E-state index in [1.807, 2.05) is 6.20 Å². The molecule has 0 amide bonds. The lowest BCUT2D eigenvalue weighted by Crippen LogP contribution is -2.48. The molecule has 0 unspecified atom stereocenters. The van der Waals surface area contributed by atoms with Crippen LogP contribution in [-0.2, 0) is 5.41 Å². The third-order valence-electron chi connectivity index (χ3n) is 7.47. The molecule has 178 valence electrons. The molecule has 4 heteroatoms. The van der Waals surface area contributed by atoms with Gasteiger partial charge >= 0.3 is 0 Å². The first-order valence-corrected chi connectivity index (χ1v) is 12.6. The van der Waals surface area contributed by atoms with E-state index in [4.69, 9.17) is 4.98 Å². The van der Waals surface area contributed by atoms with Crippen LogP contribution in [0.3, 0.4) is 0 Å². The van der Waals surface area contributed by atoms with Gasteiger partial charge in [0, 0.05) is 43.5 Å². The molecule has 1 aromatic heterocycles. The minimum Gasteiger partial charge on any atom is -0.338 e. The summed E-state index contributed by atoms with van der Waals surface area (Å²) in [5.74, 6) is 0.861. The summed E-state index contributed by atoms with van der Waals surface area (Å²) in [6.07, 6.45) is 2.96. The van der Waals surface area contributed by atoms with E-state index in [1.54, 1.807) is 0 Å². The molecule has 0 aliphatic carbocycles. The molecule has 2 heterocycles. The van der Waals surface area contributed by atoms with E-state index in [2.05, 4.69) is 120 Å². The summed E-state index contributed by atoms with van der Waals surface area (Å²) >= 11 is 0. The Kier molecular flexibility index (Phi) is 6.91. The van der Waals surface area contributed by atoms with Crippen LogP contribution in [0.4, 0.5) is 5.95 Å². The maximum absolute atomic E-state index is 4.72. The largest absolute Gasteiger partial charge is 0.338 e. The second-order valence-electron chi connectivity index (χ2n) is 9.52. The maximum Gasteiger partial charge on any atom is 0.225 e. The molecule has 1 aliphatic rings. The average Bonchev–Trinajstić information content (AvgIpc) is 2.93. The van der Waals surface area contributed by atoms with E-state index in [0.717, 1.165) is 56.4 Å². The van der Waals surface area contributed by atoms with Crippen LogP contribution in [0.25, 0.3) is 0 Å². The van der Waals surface area contributed by atoms with Crippen molar-refractivity contribution in [3.05, 3.63) is 125 Å². The van der Waals surface area contributed by atoms with Crippen LogP contribution in [0.15, 0.2) is 97.2 Å². The molecule has 0 spiro atoms. The van der Waals surface area contributed by atoms with Crippen molar-refractivity contribution in [3.63, 3.8) is 0 Å². The summed E-state index contributed by atoms with van der Waals surface area (Å²) < 4.78 is 0. The molecular formula is C31H34N4. The highest BCUT2D eigenvalue weighted by molar-refractivity contribution is 5.50. The van der Waals surface area contributed by atoms with E-state index >= 15 is 0 Å². The number of rotatable bonds is 7. The Labute approximate surface area is 209 Å². The second kappa shape index (κ2) is 10.4. The van der Waals surface area contributed by atoms with Crippen LogP contribution in [0.5, 0.6) is 0 Å². The lowest BCUT2D eigenvalue weighted by Gasteiger charge is -2.40. The molecule has 1 fully saturated rings. The zero-order chi connectivity index (χ0) is 24.1. The van der Waals surface area contributed by atoms with Gasteiger partial charge in [-0.15, -0.1) is 0 Å². The van der Waals surface area contributed by atoms with Gasteiger partial charge in [-0.3, -0.25) is 4.90 Å². The lowest BCUT2D eigenvalue weighted by molar-refractivity contribution is 0.241. The fourth-order valence-electron chi connectivity index (χ4n) is 5.27. The predicted molar refractivity (Wildman–Crippen MR) is 144 cm³/mol. The number of benzene rings is 3. The minimum absolute atomic E-state index is 0.196. The molecular weight excluding hydrogens is 428 g/mol. The Bertz CT molecular complexity index is 1120. The van der Waals surface area contributed by atoms with E-state index < -0.39 is 0 Å². The summed E-state index contributed by atoms with van der Waals surface area (Å²) in [7, 11) is 0. The van der Waals surface area contributed by atoms with Gasteiger partial charge in [0.1, 0.15) is 0 Å². The van der Waals surface area contributed by atoms with Crippen LogP contribution in [0.2, 0.25) is 0 Å². The van der Waals surface area contributed by atoms with Gasteiger partial charge in [0.05, 0.1) is 0 Å². The minimum atomic E-state index is -0.196. The highest BCUT2D eigenvalue weighted by Gasteiger charge is 2.36. The van der Waals surface area contributed by atoms with Gasteiger partial charge in [0.25, 0.3) is 0 Å². The van der Waals surface area contributed by atoms with Gasteiger partial charge in [0.15, 0.2) is 0 Å². The number of anilines is 1. The molecule has 5 rings (SSSR count). The van der Waals surface area contributed by atoms with Crippen molar-refractivity contribution >= 4 is 5.95 Å². The molecule has 4 aromatic rings. The van der Waals surface area contributed by atoms with E-state index in [1.165, 1.54) is 16.7 Å². The molecule has 0 N–H and O–H groups in total. The number of piperazine rings is 1. The SMILES string of the molecule is Cc1cnc(N2CCN(CCC(c3ccccc3)(c3ccccc3)c3ccccc3)CC2)nc1C. The summed E-state index contributed by atoms with van der Waals surface area (Å²) in [6.45, 7) is 9.10. The van der Waals surface area contributed by atoms with Crippen LogP contribution in [0.1, 0.15) is 34.4 Å². The van der Waals surface area contributed by atoms with Crippen molar-refractivity contribution in [2.45, 2.75) is 25.7 Å². The Morgan fingerprint density at radius 2 is 1.17 bits per heavy atom. The first kappa shape index (κ1) is 23.3. The third kappa shape index (κ3) is 4.85. The molecule has 1 saturated heterocycles. The Hall–Kier alpha value is -3.50. The Morgan fingerprint density at radius 1 is 0.686 bits per heavy atom. The van der Waals surface area contributed by atoms with Crippen LogP contribution >= 0.6 is 0 Å². The van der Waals surface area contributed by atoms with Crippen LogP contribution in [0, 0.1) is 13.8 Å². The van der Waals surface area contributed by atoms with Crippen LogP contribution < -0.4 is 4.90 Å². The van der Waals surface area contributed by atoms with Gasteiger partial charge in [-0.2, -0.15) is 0 Å². The zero-order valence-corrected chi connectivity index (χ0v) is 20.8. The van der Waals surface area contributed by atoms with Crippen LogP contribution in [-0.4, -0.2) is 47.6 Å². The Morgan fingerprint density at radius 3 is 1.63 bits per heavy atom. The summed E-state index contributed by atoms with van der Waals surface area (Å²) in [5.41, 5.74) is 6.05. The summed E-state index contributed by atoms with van der Waals surface area (Å²) in [5, 5.41) is 0. The number of hydrogen-bond donors (Lipinski definition) is 0. The lowest BCUT2D eigenvalue weighted by atomic mass is 9.67. The van der Waals surface area contributed by atoms with Gasteiger partial charge in [-0.05, 0) is 49.1 Å². The zero-order valence-electron chi connectivity index (χ0n) is 20.8. The molecule has 0 bridgehead atoms. The monoisotopic (exact) mass is 462 g/mol. The van der Waals surface area contributed by atoms with Gasteiger partial charge in [-0.1, -0.05) is 91.0 Å². The highest BCUT2D eigenvalue weighted by Crippen LogP contribution is 2.42. The fraction of sp³-hybridized carbons (Fsp3) is 0.290. The summed E-state index contributed by atoms with van der Waals surface area (Å²) in [6, 6.07) is 33.0. The van der Waals surface area contributed by atoms with Crippen molar-refractivity contribution in [2.24, 2.45) is 0 Å². The highest BCUT2D eigenvalue weighted by atomic mass is 15.3. The molecule has 0 radical (unpaired) electrons. The van der Waals surface area contributed by atoms with Crippen molar-refractivity contribution in [2.75, 3.05) is 37.6 Å². The normalized spacial score (nSPS) is 14.7. The Balaban J connectivity index is 1.40. The summed E-state index contributed by atoms with van der Waals surface area (Å²) in [4.78, 5) is 14.2. The number of aryl methyl sites for hydroxylation is 2. The van der Waals surface area contributed by atoms with E-state index in [0.29, 0.717) is 0 Å². The number of aromatic nitrogens is 2. The molecule has 0 saturated carbocycles. The van der Waals surface area contributed by atoms with E-state index in [9.17, 15) is 0 Å². The number of hydrogen-bond acceptors (Lipinski definition) is 4. The van der Waals surface area contributed by atoms with Gasteiger partial charge < -0.3 is 4.90 Å². The molecule has 4 nitrogen and oxygen atoms in total. The second-order valence-corrected chi connectivity index (χ2v) is 9.52. The standard InChI is InChI=1S/C31H34N4/c1-25-24-32-30(33-26(25)2)35-22-20-34(21-23-35)19-18-31(27-12-6-3-7-13-27,28-14-8-4-9-15-28)29-16-10-5-11-17-29/h3-17,24H,18-23H2,1-2H3. The first-order valence-electron chi connectivity index (χ1n) is 12.6. The molecule has 1 aliphatic heterocycles. The fourth-order valence-corrected chi connectivity index (χ4v) is 5.27. The molecule has 3 aromatic carbocycles. The predicted octanol–water partition coefficient (Wildman–Crippen LogP) is 5.64. The smallest absolute Gasteiger partial charge is 0.225 e.